The minimum absolute atomic E-state index is 0.175. The third-order valence-corrected chi connectivity index (χ3v) is 10.5. The highest BCUT2D eigenvalue weighted by molar-refractivity contribution is 6.03. The zero-order chi connectivity index (χ0) is 21.7. The molecule has 0 saturated heterocycles. The molecule has 8 aliphatic rings. The lowest BCUT2D eigenvalue weighted by Gasteiger charge is -2.55. The third-order valence-electron chi connectivity index (χ3n) is 10.5. The van der Waals surface area contributed by atoms with Crippen molar-refractivity contribution in [1.29, 1.82) is 0 Å². The molecule has 5 heteroatoms. The molecule has 8 aliphatic carbocycles. The molecule has 0 spiro atoms. The Morgan fingerprint density at radius 1 is 0.656 bits per heavy atom. The number of aromatic nitrogens is 1. The lowest BCUT2D eigenvalue weighted by molar-refractivity contribution is -0.141. The van der Waals surface area contributed by atoms with Crippen molar-refractivity contribution in [2.24, 2.45) is 53.4 Å². The number of anilines is 2. The predicted molar refractivity (Wildman–Crippen MR) is 124 cm³/mol. The van der Waals surface area contributed by atoms with Crippen LogP contribution in [0.2, 0.25) is 0 Å². The molecule has 2 N–H and O–H groups in total. The number of nitrogens with one attached hydrogen (secondary N) is 2. The maximum absolute atomic E-state index is 13.6. The van der Waals surface area contributed by atoms with E-state index < -0.39 is 0 Å². The van der Waals surface area contributed by atoms with Crippen LogP contribution in [0.4, 0.5) is 11.4 Å². The Hall–Kier alpha value is -1.78. The van der Waals surface area contributed by atoms with Gasteiger partial charge >= 0.3 is 0 Å². The van der Waals surface area contributed by atoms with E-state index in [1.54, 1.807) is 0 Å². The summed E-state index contributed by atoms with van der Waals surface area (Å²) in [5.41, 5.74) is 1.22. The highest BCUT2D eigenvalue weighted by Gasteiger charge is 2.56. The number of rotatable bonds is 4. The molecule has 32 heavy (non-hydrogen) atoms. The van der Waals surface area contributed by atoms with Crippen LogP contribution < -0.4 is 10.6 Å². The quantitative estimate of drug-likeness (QED) is 0.671. The molecule has 1 aromatic heterocycles. The molecule has 5 nitrogen and oxygen atoms in total. The summed E-state index contributed by atoms with van der Waals surface area (Å²) in [5, 5.41) is 6.59. The molecule has 1 heterocycles. The first-order valence-electron chi connectivity index (χ1n) is 13.2. The predicted octanol–water partition coefficient (Wildman–Crippen LogP) is 5.33. The number of hydrogen-bond donors (Lipinski definition) is 2. The van der Waals surface area contributed by atoms with Crippen LogP contribution >= 0.6 is 0 Å². The van der Waals surface area contributed by atoms with Gasteiger partial charge in [-0.2, -0.15) is 0 Å². The summed E-state index contributed by atoms with van der Waals surface area (Å²) in [6.45, 7) is 0. The van der Waals surface area contributed by atoms with Gasteiger partial charge in [-0.05, 0) is 113 Å². The highest BCUT2D eigenvalue weighted by atomic mass is 16.2. The van der Waals surface area contributed by atoms with E-state index >= 15 is 0 Å². The van der Waals surface area contributed by atoms with Gasteiger partial charge in [-0.3, -0.25) is 9.59 Å². The highest BCUT2D eigenvalue weighted by Crippen LogP contribution is 2.61. The largest absolute Gasteiger partial charge is 0.353 e. The normalized spacial score (nSPS) is 45.3. The van der Waals surface area contributed by atoms with Gasteiger partial charge in [-0.25, -0.2) is 0 Å². The number of nitrogens with zero attached hydrogens (tertiary/aromatic N) is 1. The van der Waals surface area contributed by atoms with Crippen LogP contribution in [-0.4, -0.2) is 16.4 Å². The van der Waals surface area contributed by atoms with Crippen LogP contribution in [0.25, 0.3) is 0 Å². The van der Waals surface area contributed by atoms with E-state index in [-0.39, 0.29) is 22.6 Å². The van der Waals surface area contributed by atoms with Crippen LogP contribution in [0.3, 0.4) is 0 Å². The van der Waals surface area contributed by atoms with Crippen molar-refractivity contribution in [3.05, 3.63) is 12.4 Å². The molecule has 2 amide bonds. The second-order valence-electron chi connectivity index (χ2n) is 13.1. The molecular weight excluding hydrogens is 398 g/mol. The van der Waals surface area contributed by atoms with Gasteiger partial charge in [0.25, 0.3) is 0 Å². The molecule has 0 aromatic carbocycles. The lowest BCUT2D eigenvalue weighted by atomic mass is 9.49. The minimum Gasteiger partial charge on any atom is -0.353 e. The monoisotopic (exact) mass is 435 g/mol. The van der Waals surface area contributed by atoms with Gasteiger partial charge in [-0.1, -0.05) is 0 Å². The Bertz CT molecular complexity index is 829. The van der Waals surface area contributed by atoms with Gasteiger partial charge in [0, 0.05) is 19.4 Å². The topological polar surface area (TPSA) is 63.1 Å². The minimum atomic E-state index is -0.175. The van der Waals surface area contributed by atoms with E-state index in [0.717, 1.165) is 85.4 Å². The summed E-state index contributed by atoms with van der Waals surface area (Å²) in [7, 11) is 1.97. The third kappa shape index (κ3) is 2.95. The van der Waals surface area contributed by atoms with Crippen molar-refractivity contribution in [2.45, 2.75) is 77.0 Å². The Morgan fingerprint density at radius 3 is 1.22 bits per heavy atom. The van der Waals surface area contributed by atoms with Crippen LogP contribution in [0.5, 0.6) is 0 Å². The van der Waals surface area contributed by atoms with Crippen molar-refractivity contribution in [3.63, 3.8) is 0 Å². The zero-order valence-corrected chi connectivity index (χ0v) is 19.4. The molecular formula is C27H37N3O2. The second-order valence-corrected chi connectivity index (χ2v) is 13.1. The molecule has 0 unspecified atom stereocenters. The van der Waals surface area contributed by atoms with Gasteiger partial charge < -0.3 is 15.2 Å². The van der Waals surface area contributed by atoms with Crippen molar-refractivity contribution >= 4 is 23.2 Å². The summed E-state index contributed by atoms with van der Waals surface area (Å²) in [5.74, 6) is 4.89. The maximum atomic E-state index is 13.6. The number of carbonyl (C=O) groups is 2. The van der Waals surface area contributed by atoms with Crippen molar-refractivity contribution in [2.75, 3.05) is 10.6 Å². The average molecular weight is 436 g/mol. The van der Waals surface area contributed by atoms with Crippen LogP contribution in [-0.2, 0) is 16.6 Å². The van der Waals surface area contributed by atoms with Gasteiger partial charge in [0.2, 0.25) is 11.8 Å². The molecule has 8 bridgehead atoms. The summed E-state index contributed by atoms with van der Waals surface area (Å²) in [6.07, 6.45) is 18.3. The van der Waals surface area contributed by atoms with E-state index in [1.165, 1.54) is 38.5 Å². The summed E-state index contributed by atoms with van der Waals surface area (Å²) < 4.78 is 1.96. The first-order chi connectivity index (χ1) is 15.4. The SMILES string of the molecule is Cn1cc(NC(=O)C23CC4CC(CC(C4)C2)C3)c(NC(=O)C23CC4CC(CC(C4)C2)C3)c1. The number of carbonyl (C=O) groups excluding carboxylic acids is 2. The Morgan fingerprint density at radius 2 is 0.938 bits per heavy atom. The van der Waals surface area contributed by atoms with Gasteiger partial charge in [0.15, 0.2) is 0 Å². The smallest absolute Gasteiger partial charge is 0.230 e. The molecule has 0 radical (unpaired) electrons. The molecule has 8 saturated carbocycles. The van der Waals surface area contributed by atoms with Crippen molar-refractivity contribution < 1.29 is 9.59 Å². The van der Waals surface area contributed by atoms with E-state index in [9.17, 15) is 9.59 Å². The fraction of sp³-hybridized carbons (Fsp3) is 0.778. The van der Waals surface area contributed by atoms with E-state index in [2.05, 4.69) is 10.6 Å². The maximum Gasteiger partial charge on any atom is 0.230 e. The van der Waals surface area contributed by atoms with E-state index in [0.29, 0.717) is 0 Å². The van der Waals surface area contributed by atoms with Gasteiger partial charge in [0.05, 0.1) is 22.2 Å². The number of amides is 2. The summed E-state index contributed by atoms with van der Waals surface area (Å²) >= 11 is 0. The number of aryl methyl sites for hydroxylation is 1. The Balaban J connectivity index is 1.10. The van der Waals surface area contributed by atoms with Crippen LogP contribution in [0.15, 0.2) is 12.4 Å². The van der Waals surface area contributed by atoms with E-state index in [4.69, 9.17) is 0 Å². The Kier molecular flexibility index (Phi) is 4.08. The van der Waals surface area contributed by atoms with Crippen LogP contribution in [0.1, 0.15) is 77.0 Å². The fourth-order valence-electron chi connectivity index (χ4n) is 10.1. The fourth-order valence-corrected chi connectivity index (χ4v) is 10.1. The summed E-state index contributed by atoms with van der Waals surface area (Å²) in [4.78, 5) is 27.2. The zero-order valence-electron chi connectivity index (χ0n) is 19.4. The first kappa shape index (κ1) is 19.7. The molecule has 0 aliphatic heterocycles. The number of hydrogen-bond acceptors (Lipinski definition) is 2. The van der Waals surface area contributed by atoms with Crippen LogP contribution in [0, 0.1) is 46.3 Å². The van der Waals surface area contributed by atoms with Gasteiger partial charge in [-0.15, -0.1) is 0 Å². The second kappa shape index (κ2) is 6.64. The summed E-state index contributed by atoms with van der Waals surface area (Å²) in [6, 6.07) is 0. The molecule has 8 fully saturated rings. The van der Waals surface area contributed by atoms with Crippen molar-refractivity contribution in [1.82, 2.24) is 4.57 Å². The Labute approximate surface area is 191 Å². The molecule has 1 aromatic rings. The first-order valence-corrected chi connectivity index (χ1v) is 13.2. The average Bonchev–Trinajstić information content (AvgIpc) is 3.04. The molecule has 172 valence electrons. The molecule has 0 atom stereocenters. The van der Waals surface area contributed by atoms with Crippen molar-refractivity contribution in [3.8, 4) is 0 Å². The standard InChI is InChI=1S/C27H37N3O2/c1-30-14-22(28-24(31)26-8-16-2-17(9-26)4-18(3-16)10-26)23(15-30)29-25(32)27-11-19-5-20(12-27)7-21(6-19)13-27/h14-21H,2-13H2,1H3,(H,28,31)(H,29,32). The van der Waals surface area contributed by atoms with E-state index in [1.807, 2.05) is 24.0 Å². The lowest BCUT2D eigenvalue weighted by Crippen LogP contribution is -2.52. The molecule has 9 rings (SSSR count). The van der Waals surface area contributed by atoms with Gasteiger partial charge in [0.1, 0.15) is 0 Å².